The standard InChI is InChI=1S/C30H34N4O.C2H6/c1-3-33(4-2)30(35)26-13-15-27(16-14-26)34(29-12-8-11-25(21-29)22-31)28-17-19-32(20-18-28)23-24-9-6-5-7-10-24;1-2/h5-16,21,28H,3-4,17-20,23H2,1-2H3;1-2H3. The first-order valence-electron chi connectivity index (χ1n) is 13.6. The van der Waals surface area contributed by atoms with Crippen molar-refractivity contribution in [2.45, 2.75) is 53.1 Å². The lowest BCUT2D eigenvalue weighted by Gasteiger charge is -2.40. The van der Waals surface area contributed by atoms with Crippen LogP contribution in [0.15, 0.2) is 78.9 Å². The second-order valence-electron chi connectivity index (χ2n) is 9.05. The molecule has 0 aliphatic carbocycles. The van der Waals surface area contributed by atoms with Crippen molar-refractivity contribution >= 4 is 17.3 Å². The quantitative estimate of drug-likeness (QED) is 0.341. The van der Waals surface area contributed by atoms with E-state index in [2.05, 4.69) is 52.3 Å². The van der Waals surface area contributed by atoms with E-state index in [1.54, 1.807) is 0 Å². The van der Waals surface area contributed by atoms with Crippen LogP contribution in [0.3, 0.4) is 0 Å². The number of piperidine rings is 1. The predicted molar refractivity (Wildman–Crippen MR) is 153 cm³/mol. The number of likely N-dealkylation sites (tertiary alicyclic amines) is 1. The highest BCUT2D eigenvalue weighted by molar-refractivity contribution is 5.94. The molecule has 0 bridgehead atoms. The molecule has 5 nitrogen and oxygen atoms in total. The Morgan fingerprint density at radius 1 is 0.892 bits per heavy atom. The molecule has 0 spiro atoms. The van der Waals surface area contributed by atoms with Gasteiger partial charge in [-0.2, -0.15) is 5.26 Å². The maximum absolute atomic E-state index is 12.8. The first kappa shape index (κ1) is 28.0. The molecule has 3 aromatic carbocycles. The lowest BCUT2D eigenvalue weighted by atomic mass is 9.99. The van der Waals surface area contributed by atoms with Crippen LogP contribution < -0.4 is 4.90 Å². The molecule has 1 amide bonds. The third-order valence-electron chi connectivity index (χ3n) is 6.87. The van der Waals surface area contributed by atoms with Crippen molar-refractivity contribution in [3.05, 3.63) is 95.6 Å². The van der Waals surface area contributed by atoms with Gasteiger partial charge < -0.3 is 9.80 Å². The Morgan fingerprint density at radius 2 is 1.54 bits per heavy atom. The first-order valence-corrected chi connectivity index (χ1v) is 13.6. The molecular formula is C32H40N4O. The van der Waals surface area contributed by atoms with Gasteiger partial charge in [0, 0.05) is 55.7 Å². The van der Waals surface area contributed by atoms with E-state index >= 15 is 0 Å². The van der Waals surface area contributed by atoms with E-state index < -0.39 is 0 Å². The number of hydrogen-bond acceptors (Lipinski definition) is 4. The Balaban J connectivity index is 0.00000186. The second kappa shape index (κ2) is 14.2. The Kier molecular flexibility index (Phi) is 10.7. The molecule has 1 fully saturated rings. The van der Waals surface area contributed by atoms with Crippen LogP contribution in [0.4, 0.5) is 11.4 Å². The van der Waals surface area contributed by atoms with Crippen molar-refractivity contribution in [2.24, 2.45) is 0 Å². The van der Waals surface area contributed by atoms with Crippen molar-refractivity contribution in [1.82, 2.24) is 9.80 Å². The number of amides is 1. The summed E-state index contributed by atoms with van der Waals surface area (Å²) in [6, 6.07) is 29.0. The first-order chi connectivity index (χ1) is 18.1. The van der Waals surface area contributed by atoms with Gasteiger partial charge in [-0.1, -0.05) is 50.2 Å². The summed E-state index contributed by atoms with van der Waals surface area (Å²) in [5, 5.41) is 9.48. The summed E-state index contributed by atoms with van der Waals surface area (Å²) in [6.07, 6.45) is 2.06. The number of hydrogen-bond donors (Lipinski definition) is 0. The molecule has 1 saturated heterocycles. The van der Waals surface area contributed by atoms with E-state index in [9.17, 15) is 10.1 Å². The molecular weight excluding hydrogens is 456 g/mol. The largest absolute Gasteiger partial charge is 0.339 e. The Labute approximate surface area is 222 Å². The van der Waals surface area contributed by atoms with E-state index in [0.717, 1.165) is 43.9 Å². The van der Waals surface area contributed by atoms with Crippen molar-refractivity contribution in [1.29, 1.82) is 5.26 Å². The van der Waals surface area contributed by atoms with Gasteiger partial charge in [-0.05, 0) is 74.7 Å². The number of carbonyl (C=O) groups excluding carboxylic acids is 1. The monoisotopic (exact) mass is 496 g/mol. The van der Waals surface area contributed by atoms with Gasteiger partial charge >= 0.3 is 0 Å². The van der Waals surface area contributed by atoms with E-state index in [-0.39, 0.29) is 5.91 Å². The van der Waals surface area contributed by atoms with Crippen molar-refractivity contribution < 1.29 is 4.79 Å². The summed E-state index contributed by atoms with van der Waals surface area (Å²) < 4.78 is 0. The zero-order valence-electron chi connectivity index (χ0n) is 22.7. The molecule has 37 heavy (non-hydrogen) atoms. The van der Waals surface area contributed by atoms with Gasteiger partial charge in [0.25, 0.3) is 5.91 Å². The number of benzene rings is 3. The summed E-state index contributed by atoms with van der Waals surface area (Å²) >= 11 is 0. The summed E-state index contributed by atoms with van der Waals surface area (Å²) in [5.41, 5.74) is 4.78. The molecule has 0 unspecified atom stereocenters. The highest BCUT2D eigenvalue weighted by Gasteiger charge is 2.27. The minimum Gasteiger partial charge on any atom is -0.339 e. The molecule has 0 atom stereocenters. The number of rotatable bonds is 8. The molecule has 0 saturated carbocycles. The number of nitriles is 1. The lowest BCUT2D eigenvalue weighted by Crippen LogP contribution is -2.43. The Morgan fingerprint density at radius 3 is 2.14 bits per heavy atom. The molecule has 0 N–H and O–H groups in total. The molecule has 1 aliphatic rings. The van der Waals surface area contributed by atoms with Crippen molar-refractivity contribution in [2.75, 3.05) is 31.1 Å². The second-order valence-corrected chi connectivity index (χ2v) is 9.05. The van der Waals surface area contributed by atoms with Crippen LogP contribution in [-0.4, -0.2) is 47.9 Å². The molecule has 5 heteroatoms. The molecule has 194 valence electrons. The fourth-order valence-electron chi connectivity index (χ4n) is 4.93. The maximum atomic E-state index is 12.8. The third-order valence-corrected chi connectivity index (χ3v) is 6.87. The zero-order chi connectivity index (χ0) is 26.6. The van der Waals surface area contributed by atoms with Crippen LogP contribution >= 0.6 is 0 Å². The Bertz CT molecular complexity index is 1140. The number of carbonyl (C=O) groups is 1. The van der Waals surface area contributed by atoms with Crippen LogP contribution in [0.25, 0.3) is 0 Å². The summed E-state index contributed by atoms with van der Waals surface area (Å²) in [4.78, 5) is 19.5. The van der Waals surface area contributed by atoms with Crippen LogP contribution in [0, 0.1) is 11.3 Å². The summed E-state index contributed by atoms with van der Waals surface area (Å²) in [7, 11) is 0. The molecule has 0 radical (unpaired) electrons. The normalized spacial score (nSPS) is 13.7. The molecule has 1 aliphatic heterocycles. The average Bonchev–Trinajstić information content (AvgIpc) is 2.97. The fourth-order valence-corrected chi connectivity index (χ4v) is 4.93. The SMILES string of the molecule is CC.CCN(CC)C(=O)c1ccc(N(c2cccc(C#N)c2)C2CCN(Cc3ccccc3)CC2)cc1. The average molecular weight is 497 g/mol. The van der Waals surface area contributed by atoms with Gasteiger partial charge in [-0.15, -0.1) is 0 Å². The van der Waals surface area contributed by atoms with Gasteiger partial charge in [0.1, 0.15) is 0 Å². The fraction of sp³-hybridized carbons (Fsp3) is 0.375. The minimum atomic E-state index is 0.0637. The molecule has 3 aromatic rings. The van der Waals surface area contributed by atoms with Gasteiger partial charge in [0.05, 0.1) is 11.6 Å². The van der Waals surface area contributed by atoms with E-state index in [1.165, 1.54) is 5.56 Å². The van der Waals surface area contributed by atoms with Crippen LogP contribution in [0.2, 0.25) is 0 Å². The van der Waals surface area contributed by atoms with Crippen LogP contribution in [-0.2, 0) is 6.54 Å². The van der Waals surface area contributed by atoms with Crippen molar-refractivity contribution in [3.8, 4) is 6.07 Å². The topological polar surface area (TPSA) is 50.6 Å². The number of nitrogens with zero attached hydrogens (tertiary/aromatic N) is 4. The van der Waals surface area contributed by atoms with Crippen LogP contribution in [0.5, 0.6) is 0 Å². The van der Waals surface area contributed by atoms with Gasteiger partial charge in [-0.3, -0.25) is 9.69 Å². The highest BCUT2D eigenvalue weighted by Crippen LogP contribution is 2.33. The van der Waals surface area contributed by atoms with Gasteiger partial charge in [-0.25, -0.2) is 0 Å². The molecule has 0 aromatic heterocycles. The lowest BCUT2D eigenvalue weighted by molar-refractivity contribution is 0.0773. The number of anilines is 2. The summed E-state index contributed by atoms with van der Waals surface area (Å²) in [6.45, 7) is 12.4. The third kappa shape index (κ3) is 7.21. The minimum absolute atomic E-state index is 0.0637. The molecule has 4 rings (SSSR count). The Hall–Kier alpha value is -3.62. The predicted octanol–water partition coefficient (Wildman–Crippen LogP) is 6.87. The molecule has 1 heterocycles. The van der Waals surface area contributed by atoms with E-state index in [0.29, 0.717) is 30.3 Å². The van der Waals surface area contributed by atoms with Crippen LogP contribution in [0.1, 0.15) is 62.0 Å². The smallest absolute Gasteiger partial charge is 0.253 e. The highest BCUT2D eigenvalue weighted by atomic mass is 16.2. The van der Waals surface area contributed by atoms with Crippen molar-refractivity contribution in [3.63, 3.8) is 0 Å². The van der Waals surface area contributed by atoms with Gasteiger partial charge in [0.15, 0.2) is 0 Å². The van der Waals surface area contributed by atoms with E-state index in [1.807, 2.05) is 75.1 Å². The summed E-state index contributed by atoms with van der Waals surface area (Å²) in [5.74, 6) is 0.0637. The maximum Gasteiger partial charge on any atom is 0.253 e. The van der Waals surface area contributed by atoms with Gasteiger partial charge in [0.2, 0.25) is 0 Å². The zero-order valence-corrected chi connectivity index (χ0v) is 22.7. The van der Waals surface area contributed by atoms with E-state index in [4.69, 9.17) is 0 Å².